The molecule has 2 aromatic carbocycles. The summed E-state index contributed by atoms with van der Waals surface area (Å²) in [4.78, 5) is 27.2. The summed E-state index contributed by atoms with van der Waals surface area (Å²) in [5.41, 5.74) is 1.24. The van der Waals surface area contributed by atoms with Crippen LogP contribution in [-0.2, 0) is 4.79 Å². The summed E-state index contributed by atoms with van der Waals surface area (Å²) in [6, 6.07) is 13.9. The van der Waals surface area contributed by atoms with Crippen LogP contribution in [0.1, 0.15) is 23.2 Å². The van der Waals surface area contributed by atoms with Crippen LogP contribution in [0.2, 0.25) is 0 Å². The van der Waals surface area contributed by atoms with Crippen LogP contribution in [0.3, 0.4) is 0 Å². The molecule has 1 fully saturated rings. The van der Waals surface area contributed by atoms with E-state index in [0.717, 1.165) is 12.1 Å². The molecule has 1 heterocycles. The van der Waals surface area contributed by atoms with Gasteiger partial charge in [-0.3, -0.25) is 9.59 Å². The van der Waals surface area contributed by atoms with Gasteiger partial charge in [-0.15, -0.1) is 0 Å². The molecular weight excluding hydrogens is 332 g/mol. The average Bonchev–Trinajstić information content (AvgIpc) is 2.69. The van der Waals surface area contributed by atoms with Gasteiger partial charge in [-0.25, -0.2) is 0 Å². The second-order valence-corrected chi connectivity index (χ2v) is 6.10. The normalized spacial score (nSPS) is 16.9. The Bertz CT molecular complexity index is 769. The highest BCUT2D eigenvalue weighted by Gasteiger charge is 2.31. The molecule has 0 aliphatic carbocycles. The minimum Gasteiger partial charge on any atom is -0.497 e. The summed E-state index contributed by atoms with van der Waals surface area (Å²) in [6.45, 7) is 0.655. The van der Waals surface area contributed by atoms with Crippen LogP contribution in [-0.4, -0.2) is 38.6 Å². The Hall–Kier alpha value is -3.02. The van der Waals surface area contributed by atoms with Crippen LogP contribution in [0, 0.1) is 0 Å². The SMILES string of the molecule is COc1cc(OC)cc(C(=O)N[C@H]2CCCN(c3ccccc3)C2=O)c1. The number of ether oxygens (including phenoxy) is 2. The summed E-state index contributed by atoms with van der Waals surface area (Å²) in [7, 11) is 3.05. The number of anilines is 1. The van der Waals surface area contributed by atoms with Crippen LogP contribution in [0.25, 0.3) is 0 Å². The van der Waals surface area contributed by atoms with E-state index in [0.29, 0.717) is 30.0 Å². The zero-order valence-electron chi connectivity index (χ0n) is 14.9. The fourth-order valence-electron chi connectivity index (χ4n) is 3.05. The van der Waals surface area contributed by atoms with Gasteiger partial charge in [0.15, 0.2) is 0 Å². The van der Waals surface area contributed by atoms with Gasteiger partial charge < -0.3 is 19.7 Å². The standard InChI is InChI=1S/C20H22N2O4/c1-25-16-11-14(12-17(13-16)26-2)19(23)21-18-9-6-10-22(20(18)24)15-7-4-3-5-8-15/h3-5,7-8,11-13,18H,6,9-10H2,1-2H3,(H,21,23)/t18-/m0/s1. The number of methoxy groups -OCH3 is 2. The Balaban J connectivity index is 1.76. The lowest BCUT2D eigenvalue weighted by Gasteiger charge is -2.32. The number of carbonyl (C=O) groups excluding carboxylic acids is 2. The van der Waals surface area contributed by atoms with Gasteiger partial charge >= 0.3 is 0 Å². The maximum Gasteiger partial charge on any atom is 0.252 e. The van der Waals surface area contributed by atoms with Crippen molar-refractivity contribution < 1.29 is 19.1 Å². The van der Waals surface area contributed by atoms with Gasteiger partial charge in [0.2, 0.25) is 5.91 Å². The summed E-state index contributed by atoms with van der Waals surface area (Å²) < 4.78 is 10.4. The molecule has 1 atom stereocenters. The van der Waals surface area contributed by atoms with Crippen LogP contribution in [0.5, 0.6) is 11.5 Å². The van der Waals surface area contributed by atoms with Gasteiger partial charge in [-0.1, -0.05) is 18.2 Å². The maximum atomic E-state index is 12.8. The number of nitrogens with one attached hydrogen (secondary N) is 1. The monoisotopic (exact) mass is 354 g/mol. The van der Waals surface area contributed by atoms with Crippen molar-refractivity contribution in [3.63, 3.8) is 0 Å². The first-order valence-electron chi connectivity index (χ1n) is 8.52. The van der Waals surface area contributed by atoms with E-state index in [2.05, 4.69) is 5.32 Å². The largest absolute Gasteiger partial charge is 0.497 e. The highest BCUT2D eigenvalue weighted by Crippen LogP contribution is 2.24. The molecule has 3 rings (SSSR count). The summed E-state index contributed by atoms with van der Waals surface area (Å²) in [5, 5.41) is 2.85. The van der Waals surface area contributed by atoms with Crippen LogP contribution >= 0.6 is 0 Å². The number of carbonyl (C=O) groups is 2. The lowest BCUT2D eigenvalue weighted by atomic mass is 10.0. The van der Waals surface area contributed by atoms with Crippen LogP contribution < -0.4 is 19.7 Å². The number of nitrogens with zero attached hydrogens (tertiary/aromatic N) is 1. The second-order valence-electron chi connectivity index (χ2n) is 6.10. The van der Waals surface area contributed by atoms with Gasteiger partial charge in [0.25, 0.3) is 5.91 Å². The molecule has 1 N–H and O–H groups in total. The molecule has 0 bridgehead atoms. The third-order valence-electron chi connectivity index (χ3n) is 4.43. The fraction of sp³-hybridized carbons (Fsp3) is 0.300. The molecule has 0 aromatic heterocycles. The Morgan fingerprint density at radius 2 is 1.73 bits per heavy atom. The van der Waals surface area contributed by atoms with Crippen molar-refractivity contribution in [2.24, 2.45) is 0 Å². The van der Waals surface area contributed by atoms with Gasteiger partial charge in [-0.05, 0) is 37.1 Å². The highest BCUT2D eigenvalue weighted by molar-refractivity contribution is 6.03. The molecule has 0 unspecified atom stereocenters. The summed E-state index contributed by atoms with van der Waals surface area (Å²) in [6.07, 6.45) is 1.45. The zero-order chi connectivity index (χ0) is 18.5. The predicted molar refractivity (Wildman–Crippen MR) is 98.8 cm³/mol. The first kappa shape index (κ1) is 17.8. The Labute approximate surface area is 152 Å². The molecule has 136 valence electrons. The van der Waals surface area contributed by atoms with E-state index in [-0.39, 0.29) is 11.8 Å². The molecule has 6 heteroatoms. The quantitative estimate of drug-likeness (QED) is 0.896. The van der Waals surface area contributed by atoms with E-state index in [1.807, 2.05) is 30.3 Å². The summed E-state index contributed by atoms with van der Waals surface area (Å²) >= 11 is 0. The second kappa shape index (κ2) is 7.91. The third-order valence-corrected chi connectivity index (χ3v) is 4.43. The van der Waals surface area contributed by atoms with Crippen molar-refractivity contribution in [2.45, 2.75) is 18.9 Å². The number of para-hydroxylation sites is 1. The lowest BCUT2D eigenvalue weighted by Crippen LogP contribution is -2.52. The highest BCUT2D eigenvalue weighted by atomic mass is 16.5. The minimum absolute atomic E-state index is 0.0920. The molecule has 26 heavy (non-hydrogen) atoms. The van der Waals surface area contributed by atoms with Crippen molar-refractivity contribution in [3.05, 3.63) is 54.1 Å². The van der Waals surface area contributed by atoms with Crippen LogP contribution in [0.4, 0.5) is 5.69 Å². The minimum atomic E-state index is -0.548. The third kappa shape index (κ3) is 3.79. The number of piperidine rings is 1. The van der Waals surface area contributed by atoms with E-state index in [9.17, 15) is 9.59 Å². The number of rotatable bonds is 5. The van der Waals surface area contributed by atoms with Crippen molar-refractivity contribution in [3.8, 4) is 11.5 Å². The average molecular weight is 354 g/mol. The number of hydrogen-bond donors (Lipinski definition) is 1. The van der Waals surface area contributed by atoms with E-state index in [4.69, 9.17) is 9.47 Å². The molecule has 1 saturated heterocycles. The fourth-order valence-corrected chi connectivity index (χ4v) is 3.05. The topological polar surface area (TPSA) is 67.9 Å². The molecule has 0 saturated carbocycles. The van der Waals surface area contributed by atoms with Gasteiger partial charge in [0.1, 0.15) is 17.5 Å². The van der Waals surface area contributed by atoms with E-state index >= 15 is 0 Å². The Morgan fingerprint density at radius 3 is 2.35 bits per heavy atom. The molecule has 1 aliphatic rings. The van der Waals surface area contributed by atoms with Gasteiger partial charge in [0, 0.05) is 23.9 Å². The first-order valence-corrected chi connectivity index (χ1v) is 8.52. The van der Waals surface area contributed by atoms with Crippen molar-refractivity contribution in [2.75, 3.05) is 25.7 Å². The predicted octanol–water partition coefficient (Wildman–Crippen LogP) is 2.63. The van der Waals surface area contributed by atoms with Crippen molar-refractivity contribution >= 4 is 17.5 Å². The van der Waals surface area contributed by atoms with E-state index in [1.165, 1.54) is 14.2 Å². The van der Waals surface area contributed by atoms with Crippen LogP contribution in [0.15, 0.2) is 48.5 Å². The van der Waals surface area contributed by atoms with E-state index in [1.54, 1.807) is 23.1 Å². The molecule has 1 aliphatic heterocycles. The molecule has 2 amide bonds. The summed E-state index contributed by atoms with van der Waals surface area (Å²) in [5.74, 6) is 0.631. The Kier molecular flexibility index (Phi) is 5.41. The molecule has 2 aromatic rings. The van der Waals surface area contributed by atoms with Crippen molar-refractivity contribution in [1.82, 2.24) is 5.32 Å². The smallest absolute Gasteiger partial charge is 0.252 e. The molecule has 0 spiro atoms. The van der Waals surface area contributed by atoms with Gasteiger partial charge in [-0.2, -0.15) is 0 Å². The van der Waals surface area contributed by atoms with Crippen molar-refractivity contribution in [1.29, 1.82) is 0 Å². The van der Waals surface area contributed by atoms with Gasteiger partial charge in [0.05, 0.1) is 14.2 Å². The molecular formula is C20H22N2O4. The Morgan fingerprint density at radius 1 is 1.08 bits per heavy atom. The zero-order valence-corrected chi connectivity index (χ0v) is 14.9. The number of amides is 2. The molecule has 0 radical (unpaired) electrons. The molecule has 6 nitrogen and oxygen atoms in total. The number of benzene rings is 2. The number of hydrogen-bond acceptors (Lipinski definition) is 4. The lowest BCUT2D eigenvalue weighted by molar-refractivity contribution is -0.121. The first-order chi connectivity index (χ1) is 12.6. The van der Waals surface area contributed by atoms with E-state index < -0.39 is 6.04 Å². The maximum absolute atomic E-state index is 12.8.